The Morgan fingerprint density at radius 3 is 2.89 bits per heavy atom. The van der Waals surface area contributed by atoms with Gasteiger partial charge in [0.25, 0.3) is 0 Å². The average molecular weight is 268 g/mol. The van der Waals surface area contributed by atoms with Crippen LogP contribution in [-0.4, -0.2) is 19.1 Å². The molecule has 0 bridgehead atoms. The van der Waals surface area contributed by atoms with E-state index in [-0.39, 0.29) is 11.9 Å². The lowest BCUT2D eigenvalue weighted by Crippen LogP contribution is -2.18. The van der Waals surface area contributed by atoms with Crippen LogP contribution in [0, 0.1) is 5.92 Å². The lowest BCUT2D eigenvalue weighted by Gasteiger charge is -2.07. The van der Waals surface area contributed by atoms with Crippen molar-refractivity contribution in [3.05, 3.63) is 34.9 Å². The van der Waals surface area contributed by atoms with E-state index < -0.39 is 0 Å². The van der Waals surface area contributed by atoms with Gasteiger partial charge in [-0.3, -0.25) is 4.79 Å². The first-order valence-electron chi connectivity index (χ1n) is 6.38. The fourth-order valence-electron chi connectivity index (χ4n) is 1.67. The maximum Gasteiger partial charge on any atom is 0.308 e. The van der Waals surface area contributed by atoms with E-state index in [4.69, 9.17) is 16.3 Å². The molecule has 0 radical (unpaired) electrons. The summed E-state index contributed by atoms with van der Waals surface area (Å²) in [6.07, 6.45) is 2.84. The molecule has 0 aromatic heterocycles. The third kappa shape index (κ3) is 4.31. The predicted octanol–water partition coefficient (Wildman–Crippen LogP) is 2.77. The number of benzene rings is 1. The van der Waals surface area contributed by atoms with Crippen molar-refractivity contribution in [2.75, 3.05) is 13.2 Å². The summed E-state index contributed by atoms with van der Waals surface area (Å²) in [4.78, 5) is 11.2. The number of ether oxygens (including phenoxy) is 1. The summed E-state index contributed by atoms with van der Waals surface area (Å²) in [5.41, 5.74) is 1.09. The Morgan fingerprint density at radius 1 is 1.39 bits per heavy atom. The number of carbonyl (C=O) groups excluding carboxylic acids is 1. The summed E-state index contributed by atoms with van der Waals surface area (Å²) in [7, 11) is 0. The summed E-state index contributed by atoms with van der Waals surface area (Å²) in [5.74, 6) is 0.169. The van der Waals surface area contributed by atoms with Crippen molar-refractivity contribution < 1.29 is 9.53 Å². The molecule has 0 amide bonds. The fourth-order valence-corrected chi connectivity index (χ4v) is 1.87. The van der Waals surface area contributed by atoms with E-state index in [1.807, 2.05) is 24.3 Å². The molecule has 1 fully saturated rings. The zero-order chi connectivity index (χ0) is 12.8. The standard InChI is InChI=1S/C14H18ClNO2/c15-13-5-2-1-4-12(13)10-16-8-3-9-18-14(17)11-6-7-11/h1-2,4-5,11,16H,3,6-10H2. The summed E-state index contributed by atoms with van der Waals surface area (Å²) in [6.45, 7) is 2.07. The molecule has 1 aromatic carbocycles. The molecule has 0 spiro atoms. The lowest BCUT2D eigenvalue weighted by atomic mass is 10.2. The third-order valence-electron chi connectivity index (χ3n) is 2.93. The van der Waals surface area contributed by atoms with Crippen molar-refractivity contribution in [2.24, 2.45) is 5.92 Å². The summed E-state index contributed by atoms with van der Waals surface area (Å²) in [6, 6.07) is 7.78. The van der Waals surface area contributed by atoms with Crippen LogP contribution in [0.4, 0.5) is 0 Å². The Bertz CT molecular complexity index is 405. The molecule has 3 nitrogen and oxygen atoms in total. The average Bonchev–Trinajstić information content (AvgIpc) is 3.19. The molecule has 2 rings (SSSR count). The van der Waals surface area contributed by atoms with Gasteiger partial charge >= 0.3 is 5.97 Å². The third-order valence-corrected chi connectivity index (χ3v) is 3.29. The van der Waals surface area contributed by atoms with Gasteiger partial charge in [-0.05, 0) is 37.4 Å². The van der Waals surface area contributed by atoms with Crippen molar-refractivity contribution in [3.8, 4) is 0 Å². The minimum absolute atomic E-state index is 0.0268. The first-order valence-corrected chi connectivity index (χ1v) is 6.76. The molecule has 0 atom stereocenters. The van der Waals surface area contributed by atoms with Gasteiger partial charge in [-0.2, -0.15) is 0 Å². The minimum atomic E-state index is -0.0268. The van der Waals surface area contributed by atoms with Crippen LogP contribution in [-0.2, 0) is 16.1 Å². The molecule has 1 aliphatic carbocycles. The second-order valence-corrected chi connectivity index (χ2v) is 4.97. The van der Waals surface area contributed by atoms with Gasteiger partial charge in [-0.15, -0.1) is 0 Å². The molecule has 0 heterocycles. The van der Waals surface area contributed by atoms with E-state index in [0.29, 0.717) is 6.61 Å². The number of rotatable bonds is 7. The summed E-state index contributed by atoms with van der Waals surface area (Å²) >= 11 is 6.04. The van der Waals surface area contributed by atoms with Crippen LogP contribution in [0.3, 0.4) is 0 Å². The van der Waals surface area contributed by atoms with Gasteiger partial charge in [0, 0.05) is 11.6 Å². The van der Waals surface area contributed by atoms with Gasteiger partial charge in [0.2, 0.25) is 0 Å². The quantitative estimate of drug-likeness (QED) is 0.610. The number of carbonyl (C=O) groups is 1. The lowest BCUT2D eigenvalue weighted by molar-refractivity contribution is -0.145. The van der Waals surface area contributed by atoms with Gasteiger partial charge in [0.15, 0.2) is 0 Å². The van der Waals surface area contributed by atoms with Gasteiger partial charge < -0.3 is 10.1 Å². The van der Waals surface area contributed by atoms with E-state index in [9.17, 15) is 4.79 Å². The second-order valence-electron chi connectivity index (χ2n) is 4.56. The zero-order valence-electron chi connectivity index (χ0n) is 10.3. The Labute approximate surface area is 112 Å². The predicted molar refractivity (Wildman–Crippen MR) is 71.5 cm³/mol. The number of hydrogen-bond acceptors (Lipinski definition) is 3. The molecule has 1 aromatic rings. The Hall–Kier alpha value is -1.06. The molecule has 1 saturated carbocycles. The summed E-state index contributed by atoms with van der Waals surface area (Å²) in [5, 5.41) is 4.07. The Morgan fingerprint density at radius 2 is 2.17 bits per heavy atom. The SMILES string of the molecule is O=C(OCCCNCc1ccccc1Cl)C1CC1. The van der Waals surface area contributed by atoms with Crippen LogP contribution in [0.1, 0.15) is 24.8 Å². The first kappa shape index (κ1) is 13.4. The highest BCUT2D eigenvalue weighted by Gasteiger charge is 2.30. The van der Waals surface area contributed by atoms with Crippen molar-refractivity contribution in [1.82, 2.24) is 5.32 Å². The normalized spacial score (nSPS) is 14.5. The molecular formula is C14H18ClNO2. The van der Waals surface area contributed by atoms with E-state index in [1.165, 1.54) is 0 Å². The number of esters is 1. The van der Waals surface area contributed by atoms with Crippen LogP contribution in [0.2, 0.25) is 5.02 Å². The molecule has 98 valence electrons. The fraction of sp³-hybridized carbons (Fsp3) is 0.500. The summed E-state index contributed by atoms with van der Waals surface area (Å²) < 4.78 is 5.14. The van der Waals surface area contributed by atoms with E-state index in [2.05, 4.69) is 5.32 Å². The largest absolute Gasteiger partial charge is 0.465 e. The van der Waals surface area contributed by atoms with Gasteiger partial charge in [-0.1, -0.05) is 29.8 Å². The monoisotopic (exact) mass is 267 g/mol. The minimum Gasteiger partial charge on any atom is -0.465 e. The van der Waals surface area contributed by atoms with Gasteiger partial charge in [-0.25, -0.2) is 0 Å². The van der Waals surface area contributed by atoms with E-state index >= 15 is 0 Å². The van der Waals surface area contributed by atoms with E-state index in [1.54, 1.807) is 0 Å². The maximum atomic E-state index is 11.2. The van der Waals surface area contributed by atoms with Crippen LogP contribution >= 0.6 is 11.6 Å². The van der Waals surface area contributed by atoms with Crippen LogP contribution < -0.4 is 5.32 Å². The van der Waals surface area contributed by atoms with Crippen molar-refractivity contribution in [2.45, 2.75) is 25.8 Å². The maximum absolute atomic E-state index is 11.2. The Balaban J connectivity index is 1.53. The molecule has 1 N–H and O–H groups in total. The number of hydrogen-bond donors (Lipinski definition) is 1. The van der Waals surface area contributed by atoms with Crippen molar-refractivity contribution in [1.29, 1.82) is 0 Å². The van der Waals surface area contributed by atoms with Gasteiger partial charge in [0.1, 0.15) is 0 Å². The van der Waals surface area contributed by atoms with Crippen molar-refractivity contribution >= 4 is 17.6 Å². The van der Waals surface area contributed by atoms with Crippen molar-refractivity contribution in [3.63, 3.8) is 0 Å². The number of nitrogens with one attached hydrogen (secondary N) is 1. The topological polar surface area (TPSA) is 38.3 Å². The second kappa shape index (κ2) is 6.76. The molecule has 18 heavy (non-hydrogen) atoms. The Kier molecular flexibility index (Phi) is 5.02. The number of halogens is 1. The first-order chi connectivity index (χ1) is 8.77. The van der Waals surface area contributed by atoms with Gasteiger partial charge in [0.05, 0.1) is 12.5 Å². The molecular weight excluding hydrogens is 250 g/mol. The molecule has 0 unspecified atom stereocenters. The van der Waals surface area contributed by atoms with Crippen LogP contribution in [0.25, 0.3) is 0 Å². The highest BCUT2D eigenvalue weighted by Crippen LogP contribution is 2.29. The smallest absolute Gasteiger partial charge is 0.308 e. The molecule has 0 aliphatic heterocycles. The highest BCUT2D eigenvalue weighted by atomic mass is 35.5. The van der Waals surface area contributed by atoms with Crippen LogP contribution in [0.5, 0.6) is 0 Å². The van der Waals surface area contributed by atoms with Crippen LogP contribution in [0.15, 0.2) is 24.3 Å². The molecule has 4 heteroatoms. The molecule has 1 aliphatic rings. The highest BCUT2D eigenvalue weighted by molar-refractivity contribution is 6.31. The molecule has 0 saturated heterocycles. The zero-order valence-corrected chi connectivity index (χ0v) is 11.1. The van der Waals surface area contributed by atoms with E-state index in [0.717, 1.165) is 42.9 Å².